The molecule has 0 radical (unpaired) electrons. The maximum Gasteiger partial charge on any atom is 0.146 e. The van der Waals surface area contributed by atoms with Gasteiger partial charge in [0, 0.05) is 5.69 Å². The van der Waals surface area contributed by atoms with Crippen molar-refractivity contribution in [3.8, 4) is 0 Å². The van der Waals surface area contributed by atoms with Crippen molar-refractivity contribution >= 4 is 16.9 Å². The highest BCUT2D eigenvalue weighted by molar-refractivity contribution is 5.90. The molecule has 1 fully saturated rings. The summed E-state index contributed by atoms with van der Waals surface area (Å²) in [4.78, 5) is 8.43. The summed E-state index contributed by atoms with van der Waals surface area (Å²) in [6.07, 6.45) is 1.57. The van der Waals surface area contributed by atoms with E-state index in [2.05, 4.69) is 21.5 Å². The zero-order valence-corrected chi connectivity index (χ0v) is 11.2. The fraction of sp³-hybridized carbons (Fsp3) is 0.538. The number of hydrogen-bond donors (Lipinski definition) is 1. The van der Waals surface area contributed by atoms with Crippen molar-refractivity contribution in [2.75, 3.05) is 25.6 Å². The Bertz CT molecular complexity index is 602. The molecule has 0 saturated carbocycles. The Hall–Kier alpha value is -1.66. The maximum atomic E-state index is 5.95. The lowest BCUT2D eigenvalue weighted by molar-refractivity contribution is -0.0933. The number of aromatic nitrogens is 3. The number of rotatable bonds is 2. The molecule has 0 aromatic carbocycles. The molecule has 3 rings (SSSR count). The van der Waals surface area contributed by atoms with Crippen LogP contribution in [0.25, 0.3) is 11.0 Å². The number of hydrogen-bond acceptors (Lipinski definition) is 5. The standard InChI is InChI=1S/C13H18N4O2/c1-8-9(2)17(5-10-6-18-3-4-19-10)13-11(8)12(14)15-7-16-13/h7,10H,3-6H2,1-2H3,(H2,14,15,16). The van der Waals surface area contributed by atoms with Gasteiger partial charge in [-0.1, -0.05) is 0 Å². The van der Waals surface area contributed by atoms with Gasteiger partial charge in [0.2, 0.25) is 0 Å². The Morgan fingerprint density at radius 2 is 2.21 bits per heavy atom. The molecule has 1 unspecified atom stereocenters. The van der Waals surface area contributed by atoms with Crippen molar-refractivity contribution in [2.24, 2.45) is 0 Å². The Morgan fingerprint density at radius 3 is 2.95 bits per heavy atom. The summed E-state index contributed by atoms with van der Waals surface area (Å²) >= 11 is 0. The number of nitrogen functional groups attached to an aromatic ring is 1. The molecular formula is C13H18N4O2. The zero-order valence-electron chi connectivity index (χ0n) is 11.2. The van der Waals surface area contributed by atoms with E-state index in [9.17, 15) is 0 Å². The topological polar surface area (TPSA) is 75.2 Å². The minimum Gasteiger partial charge on any atom is -0.383 e. The summed E-state index contributed by atoms with van der Waals surface area (Å²) in [7, 11) is 0. The first-order valence-electron chi connectivity index (χ1n) is 6.43. The maximum absolute atomic E-state index is 5.95. The third kappa shape index (κ3) is 2.06. The number of nitrogens with zero attached hydrogens (tertiary/aromatic N) is 3. The second-order valence-corrected chi connectivity index (χ2v) is 4.85. The lowest BCUT2D eigenvalue weighted by Crippen LogP contribution is -2.32. The summed E-state index contributed by atoms with van der Waals surface area (Å²) in [5, 5.41) is 0.941. The average molecular weight is 262 g/mol. The van der Waals surface area contributed by atoms with Crippen LogP contribution in [-0.4, -0.2) is 40.5 Å². The van der Waals surface area contributed by atoms with Crippen LogP contribution >= 0.6 is 0 Å². The third-order valence-electron chi connectivity index (χ3n) is 3.71. The molecule has 2 aromatic rings. The molecule has 6 heteroatoms. The molecule has 6 nitrogen and oxygen atoms in total. The van der Waals surface area contributed by atoms with Crippen LogP contribution in [0.5, 0.6) is 0 Å². The van der Waals surface area contributed by atoms with Crippen LogP contribution in [0.4, 0.5) is 5.82 Å². The number of aryl methyl sites for hydroxylation is 1. The Balaban J connectivity index is 2.03. The molecule has 0 aliphatic carbocycles. The van der Waals surface area contributed by atoms with Gasteiger partial charge in [0.25, 0.3) is 0 Å². The van der Waals surface area contributed by atoms with Crippen molar-refractivity contribution in [1.29, 1.82) is 0 Å². The van der Waals surface area contributed by atoms with Crippen molar-refractivity contribution in [2.45, 2.75) is 26.5 Å². The predicted octanol–water partition coefficient (Wildman–Crippen LogP) is 1.05. The first kappa shape index (κ1) is 12.4. The molecule has 0 bridgehead atoms. The molecule has 0 spiro atoms. The summed E-state index contributed by atoms with van der Waals surface area (Å²) < 4.78 is 13.3. The fourth-order valence-electron chi connectivity index (χ4n) is 2.57. The minimum absolute atomic E-state index is 0.0682. The molecule has 1 atom stereocenters. The summed E-state index contributed by atoms with van der Waals surface area (Å²) in [5.41, 5.74) is 9.10. The fourth-order valence-corrected chi connectivity index (χ4v) is 2.57. The smallest absolute Gasteiger partial charge is 0.146 e. The quantitative estimate of drug-likeness (QED) is 0.875. The van der Waals surface area contributed by atoms with E-state index in [4.69, 9.17) is 15.2 Å². The van der Waals surface area contributed by atoms with Crippen molar-refractivity contribution in [1.82, 2.24) is 14.5 Å². The van der Waals surface area contributed by atoms with E-state index >= 15 is 0 Å². The summed E-state index contributed by atoms with van der Waals surface area (Å²) in [6, 6.07) is 0. The average Bonchev–Trinajstić information content (AvgIpc) is 2.66. The van der Waals surface area contributed by atoms with Gasteiger partial charge in [-0.05, 0) is 19.4 Å². The normalized spacial score (nSPS) is 20.0. The van der Waals surface area contributed by atoms with Gasteiger partial charge in [-0.15, -0.1) is 0 Å². The van der Waals surface area contributed by atoms with Crippen LogP contribution in [-0.2, 0) is 16.0 Å². The van der Waals surface area contributed by atoms with E-state index in [0.29, 0.717) is 25.6 Å². The van der Waals surface area contributed by atoms with Crippen LogP contribution in [0, 0.1) is 13.8 Å². The van der Waals surface area contributed by atoms with Gasteiger partial charge in [0.15, 0.2) is 0 Å². The highest BCUT2D eigenvalue weighted by Crippen LogP contribution is 2.27. The lowest BCUT2D eigenvalue weighted by atomic mass is 10.2. The van der Waals surface area contributed by atoms with E-state index in [1.165, 1.54) is 6.33 Å². The molecule has 1 saturated heterocycles. The monoisotopic (exact) mass is 262 g/mol. The Morgan fingerprint density at radius 1 is 1.37 bits per heavy atom. The molecule has 0 amide bonds. The van der Waals surface area contributed by atoms with Crippen LogP contribution in [0.3, 0.4) is 0 Å². The van der Waals surface area contributed by atoms with Gasteiger partial charge in [0.05, 0.1) is 37.9 Å². The molecule has 3 heterocycles. The first-order valence-corrected chi connectivity index (χ1v) is 6.43. The van der Waals surface area contributed by atoms with Crippen LogP contribution in [0.2, 0.25) is 0 Å². The number of anilines is 1. The van der Waals surface area contributed by atoms with E-state index in [1.807, 2.05) is 6.92 Å². The van der Waals surface area contributed by atoms with E-state index in [-0.39, 0.29) is 6.10 Å². The van der Waals surface area contributed by atoms with Gasteiger partial charge in [-0.25, -0.2) is 9.97 Å². The third-order valence-corrected chi connectivity index (χ3v) is 3.71. The van der Waals surface area contributed by atoms with Gasteiger partial charge < -0.3 is 19.8 Å². The number of ether oxygens (including phenoxy) is 2. The van der Waals surface area contributed by atoms with E-state index in [1.54, 1.807) is 0 Å². The van der Waals surface area contributed by atoms with Gasteiger partial charge in [-0.3, -0.25) is 0 Å². The van der Waals surface area contributed by atoms with Crippen LogP contribution < -0.4 is 5.73 Å². The SMILES string of the molecule is Cc1c(C)n(CC2COCCO2)c2ncnc(N)c12. The molecule has 1 aliphatic heterocycles. The number of fused-ring (bicyclic) bond motifs is 1. The van der Waals surface area contributed by atoms with Crippen molar-refractivity contribution < 1.29 is 9.47 Å². The summed E-state index contributed by atoms with van der Waals surface area (Å²) in [6.45, 7) is 6.80. The van der Waals surface area contributed by atoms with Crippen molar-refractivity contribution in [3.63, 3.8) is 0 Å². The Kier molecular flexibility index (Phi) is 3.12. The predicted molar refractivity (Wildman–Crippen MR) is 72.0 cm³/mol. The second kappa shape index (κ2) is 4.79. The van der Waals surface area contributed by atoms with Gasteiger partial charge >= 0.3 is 0 Å². The summed E-state index contributed by atoms with van der Waals surface area (Å²) in [5.74, 6) is 0.533. The lowest BCUT2D eigenvalue weighted by Gasteiger charge is -2.24. The molecule has 2 aromatic heterocycles. The van der Waals surface area contributed by atoms with Crippen molar-refractivity contribution in [3.05, 3.63) is 17.6 Å². The zero-order chi connectivity index (χ0) is 13.4. The Labute approximate surface area is 111 Å². The molecule has 19 heavy (non-hydrogen) atoms. The molecule has 1 aliphatic rings. The molecule has 102 valence electrons. The highest BCUT2D eigenvalue weighted by atomic mass is 16.6. The first-order chi connectivity index (χ1) is 9.18. The van der Waals surface area contributed by atoms with E-state index < -0.39 is 0 Å². The minimum atomic E-state index is 0.0682. The highest BCUT2D eigenvalue weighted by Gasteiger charge is 2.20. The second-order valence-electron chi connectivity index (χ2n) is 4.85. The largest absolute Gasteiger partial charge is 0.383 e. The number of nitrogens with two attached hydrogens (primary N) is 1. The van der Waals surface area contributed by atoms with E-state index in [0.717, 1.165) is 28.8 Å². The van der Waals surface area contributed by atoms with Crippen LogP contribution in [0.15, 0.2) is 6.33 Å². The molecule has 2 N–H and O–H groups in total. The van der Waals surface area contributed by atoms with Gasteiger partial charge in [0.1, 0.15) is 17.8 Å². The molecular weight excluding hydrogens is 244 g/mol. The van der Waals surface area contributed by atoms with Crippen LogP contribution in [0.1, 0.15) is 11.3 Å². The van der Waals surface area contributed by atoms with Gasteiger partial charge in [-0.2, -0.15) is 0 Å².